The van der Waals surface area contributed by atoms with E-state index < -0.39 is 16.1 Å². The number of sulfonamides is 1. The standard InChI is InChI=1S/C17H17ClN2O3S/c1-12-5-2-3-8-15(12)16-17(21)19-9-10-20(16)24(22,23)14-7-4-6-13(18)11-14/h2-8,11,16H,9-10H2,1H3,(H,19,21). The second-order valence-corrected chi connectivity index (χ2v) is 7.95. The lowest BCUT2D eigenvalue weighted by Gasteiger charge is -2.35. The summed E-state index contributed by atoms with van der Waals surface area (Å²) < 4.78 is 27.4. The first kappa shape index (κ1) is 17.0. The normalized spacial score (nSPS) is 19.1. The van der Waals surface area contributed by atoms with E-state index in [0.717, 1.165) is 5.56 Å². The van der Waals surface area contributed by atoms with Gasteiger partial charge in [0, 0.05) is 18.1 Å². The zero-order valence-electron chi connectivity index (χ0n) is 13.1. The van der Waals surface area contributed by atoms with Gasteiger partial charge in [0.15, 0.2) is 0 Å². The summed E-state index contributed by atoms with van der Waals surface area (Å²) in [5.74, 6) is -0.318. The van der Waals surface area contributed by atoms with E-state index in [2.05, 4.69) is 5.32 Å². The monoisotopic (exact) mass is 364 g/mol. The quantitative estimate of drug-likeness (QED) is 0.910. The molecule has 1 saturated heterocycles. The lowest BCUT2D eigenvalue weighted by molar-refractivity contribution is -0.126. The minimum absolute atomic E-state index is 0.0864. The van der Waals surface area contributed by atoms with Gasteiger partial charge in [-0.25, -0.2) is 8.42 Å². The molecule has 1 aliphatic rings. The van der Waals surface area contributed by atoms with Crippen molar-refractivity contribution in [2.45, 2.75) is 17.9 Å². The van der Waals surface area contributed by atoms with Gasteiger partial charge in [0.05, 0.1) is 4.90 Å². The van der Waals surface area contributed by atoms with E-state index in [0.29, 0.717) is 10.6 Å². The third-order valence-corrected chi connectivity index (χ3v) is 6.15. The summed E-state index contributed by atoms with van der Waals surface area (Å²) in [7, 11) is -3.84. The third kappa shape index (κ3) is 3.05. The Morgan fingerprint density at radius 1 is 1.17 bits per heavy atom. The van der Waals surface area contributed by atoms with Crippen LogP contribution in [0.3, 0.4) is 0 Å². The van der Waals surface area contributed by atoms with E-state index >= 15 is 0 Å². The highest BCUT2D eigenvalue weighted by molar-refractivity contribution is 7.89. The highest BCUT2D eigenvalue weighted by Crippen LogP contribution is 2.31. The van der Waals surface area contributed by atoms with Crippen LogP contribution in [0, 0.1) is 6.92 Å². The summed E-state index contributed by atoms with van der Waals surface area (Å²) in [5.41, 5.74) is 1.55. The van der Waals surface area contributed by atoms with Crippen molar-refractivity contribution in [1.82, 2.24) is 9.62 Å². The maximum atomic E-state index is 13.1. The molecule has 1 N–H and O–H groups in total. The first-order valence-electron chi connectivity index (χ1n) is 7.52. The Balaban J connectivity index is 2.10. The van der Waals surface area contributed by atoms with Gasteiger partial charge in [0.2, 0.25) is 15.9 Å². The number of piperazine rings is 1. The van der Waals surface area contributed by atoms with E-state index in [4.69, 9.17) is 11.6 Å². The van der Waals surface area contributed by atoms with E-state index in [1.54, 1.807) is 24.3 Å². The van der Waals surface area contributed by atoms with Crippen molar-refractivity contribution in [2.24, 2.45) is 0 Å². The molecule has 5 nitrogen and oxygen atoms in total. The second kappa shape index (κ2) is 6.55. The van der Waals surface area contributed by atoms with Crippen LogP contribution in [0.25, 0.3) is 0 Å². The molecule has 1 aliphatic heterocycles. The Labute approximate surface area is 146 Å². The molecule has 1 unspecified atom stereocenters. The molecule has 0 bridgehead atoms. The predicted octanol–water partition coefficient (Wildman–Crippen LogP) is 2.51. The molecule has 2 aromatic carbocycles. The first-order valence-corrected chi connectivity index (χ1v) is 9.34. The molecule has 0 aliphatic carbocycles. The number of aryl methyl sites for hydroxylation is 1. The number of nitrogens with zero attached hydrogens (tertiary/aromatic N) is 1. The average molecular weight is 365 g/mol. The smallest absolute Gasteiger partial charge is 0.244 e. The highest BCUT2D eigenvalue weighted by Gasteiger charge is 2.40. The van der Waals surface area contributed by atoms with Crippen molar-refractivity contribution in [3.8, 4) is 0 Å². The number of carbonyl (C=O) groups is 1. The summed E-state index contributed by atoms with van der Waals surface area (Å²) in [4.78, 5) is 12.5. The van der Waals surface area contributed by atoms with Crippen molar-refractivity contribution in [3.63, 3.8) is 0 Å². The summed E-state index contributed by atoms with van der Waals surface area (Å²) in [6.07, 6.45) is 0. The highest BCUT2D eigenvalue weighted by atomic mass is 35.5. The molecule has 3 rings (SSSR count). The Hall–Kier alpha value is -1.89. The maximum absolute atomic E-state index is 13.1. The molecule has 1 fully saturated rings. The number of hydrogen-bond acceptors (Lipinski definition) is 3. The van der Waals surface area contributed by atoms with Crippen LogP contribution in [0.4, 0.5) is 0 Å². The fourth-order valence-electron chi connectivity index (χ4n) is 2.86. The van der Waals surface area contributed by atoms with Gasteiger partial charge in [0.1, 0.15) is 6.04 Å². The van der Waals surface area contributed by atoms with Crippen molar-refractivity contribution in [2.75, 3.05) is 13.1 Å². The number of rotatable bonds is 3. The predicted molar refractivity (Wildman–Crippen MR) is 92.3 cm³/mol. The van der Waals surface area contributed by atoms with Gasteiger partial charge >= 0.3 is 0 Å². The number of amides is 1. The topological polar surface area (TPSA) is 66.5 Å². The number of halogens is 1. The Bertz CT molecular complexity index is 883. The molecule has 0 radical (unpaired) electrons. The summed E-state index contributed by atoms with van der Waals surface area (Å²) in [6, 6.07) is 12.5. The number of carbonyl (C=O) groups excluding carboxylic acids is 1. The van der Waals surface area contributed by atoms with Gasteiger partial charge < -0.3 is 5.32 Å². The Kier molecular flexibility index (Phi) is 4.62. The van der Waals surface area contributed by atoms with Crippen molar-refractivity contribution < 1.29 is 13.2 Å². The molecular formula is C17H17ClN2O3S. The van der Waals surface area contributed by atoms with Crippen molar-refractivity contribution >= 4 is 27.5 Å². The molecule has 0 aromatic heterocycles. The maximum Gasteiger partial charge on any atom is 0.244 e. The van der Waals surface area contributed by atoms with Crippen LogP contribution in [0.1, 0.15) is 17.2 Å². The van der Waals surface area contributed by atoms with Crippen LogP contribution in [0.15, 0.2) is 53.4 Å². The lowest BCUT2D eigenvalue weighted by atomic mass is 9.99. The number of nitrogens with one attached hydrogen (secondary N) is 1. The molecule has 1 amide bonds. The molecule has 1 heterocycles. The van der Waals surface area contributed by atoms with Gasteiger partial charge in [-0.1, -0.05) is 41.9 Å². The van der Waals surface area contributed by atoms with E-state index in [1.807, 2.05) is 19.1 Å². The molecule has 24 heavy (non-hydrogen) atoms. The van der Waals surface area contributed by atoms with Crippen LogP contribution in [-0.4, -0.2) is 31.7 Å². The van der Waals surface area contributed by atoms with E-state index in [1.165, 1.54) is 16.4 Å². The molecular weight excluding hydrogens is 348 g/mol. The zero-order chi connectivity index (χ0) is 17.3. The molecule has 1 atom stereocenters. The first-order chi connectivity index (χ1) is 11.4. The fourth-order valence-corrected chi connectivity index (χ4v) is 4.73. The minimum Gasteiger partial charge on any atom is -0.353 e. The van der Waals surface area contributed by atoms with Crippen molar-refractivity contribution in [3.05, 3.63) is 64.7 Å². The van der Waals surface area contributed by atoms with Gasteiger partial charge in [-0.2, -0.15) is 4.31 Å². The minimum atomic E-state index is -3.84. The molecule has 7 heteroatoms. The van der Waals surface area contributed by atoms with Crippen molar-refractivity contribution in [1.29, 1.82) is 0 Å². The van der Waals surface area contributed by atoms with Gasteiger partial charge in [0.25, 0.3) is 0 Å². The van der Waals surface area contributed by atoms with Crippen LogP contribution in [-0.2, 0) is 14.8 Å². The molecule has 2 aromatic rings. The fraction of sp³-hybridized carbons (Fsp3) is 0.235. The van der Waals surface area contributed by atoms with Crippen LogP contribution >= 0.6 is 11.6 Å². The Morgan fingerprint density at radius 2 is 1.92 bits per heavy atom. The van der Waals surface area contributed by atoms with Crippen LogP contribution in [0.2, 0.25) is 5.02 Å². The molecule has 0 saturated carbocycles. The zero-order valence-corrected chi connectivity index (χ0v) is 14.6. The molecule has 0 spiro atoms. The van der Waals surface area contributed by atoms with E-state index in [-0.39, 0.29) is 23.9 Å². The van der Waals surface area contributed by atoms with E-state index in [9.17, 15) is 13.2 Å². The van der Waals surface area contributed by atoms with Crippen LogP contribution in [0.5, 0.6) is 0 Å². The van der Waals surface area contributed by atoms with Gasteiger partial charge in [-0.3, -0.25) is 4.79 Å². The number of hydrogen-bond donors (Lipinski definition) is 1. The Morgan fingerprint density at radius 3 is 2.62 bits per heavy atom. The number of benzene rings is 2. The summed E-state index contributed by atoms with van der Waals surface area (Å²) in [5, 5.41) is 3.09. The van der Waals surface area contributed by atoms with Gasteiger partial charge in [-0.05, 0) is 36.2 Å². The van der Waals surface area contributed by atoms with Crippen LogP contribution < -0.4 is 5.32 Å². The average Bonchev–Trinajstić information content (AvgIpc) is 2.55. The SMILES string of the molecule is Cc1ccccc1C1C(=O)NCCN1S(=O)(=O)c1cccc(Cl)c1. The summed E-state index contributed by atoms with van der Waals surface area (Å²) in [6.45, 7) is 2.35. The second-order valence-electron chi connectivity index (χ2n) is 5.62. The largest absolute Gasteiger partial charge is 0.353 e. The molecule has 126 valence electrons. The summed E-state index contributed by atoms with van der Waals surface area (Å²) >= 11 is 5.93. The lowest BCUT2D eigenvalue weighted by Crippen LogP contribution is -2.52. The third-order valence-electron chi connectivity index (χ3n) is 4.05. The van der Waals surface area contributed by atoms with Gasteiger partial charge in [-0.15, -0.1) is 0 Å².